The van der Waals surface area contributed by atoms with Crippen LogP contribution in [0.2, 0.25) is 0 Å². The predicted molar refractivity (Wildman–Crippen MR) is 442 cm³/mol. The molecule has 0 unspecified atom stereocenters. The van der Waals surface area contributed by atoms with Gasteiger partial charge in [0.25, 0.3) is 18.2 Å². The van der Waals surface area contributed by atoms with E-state index in [1.54, 1.807) is 57.3 Å². The third-order valence-corrected chi connectivity index (χ3v) is 23.1. The molecule has 12 nitrogen and oxygen atoms in total. The van der Waals surface area contributed by atoms with Gasteiger partial charge in [-0.15, -0.1) is 0 Å². The number of nitrogens with zero attached hydrogens (tertiary/aromatic N) is 12. The summed E-state index contributed by atoms with van der Waals surface area (Å²) in [6.45, 7) is 37.0. The number of aromatic nitrogens is 12. The first-order valence-electron chi connectivity index (χ1n) is 39.5. The minimum atomic E-state index is -4.79. The fraction of sp³-hybridized carbons (Fsp3) is 0.362. The van der Waals surface area contributed by atoms with Crippen molar-refractivity contribution in [1.82, 2.24) is 30.1 Å². The first-order valence-corrected chi connectivity index (χ1v) is 39.5. The van der Waals surface area contributed by atoms with Crippen molar-refractivity contribution in [3.8, 4) is 0 Å². The third kappa shape index (κ3) is 16.3. The van der Waals surface area contributed by atoms with Gasteiger partial charge in [0.1, 0.15) is 82.4 Å². The summed E-state index contributed by atoms with van der Waals surface area (Å²) < 4.78 is 175. The number of hydrogen-bond donors (Lipinski definition) is 0. The predicted octanol–water partition coefficient (Wildman–Crippen LogP) is 20.4. The zero-order valence-electron chi connectivity index (χ0n) is 72.2. The molecule has 618 valence electrons. The molecule has 0 amide bonds. The second-order valence-corrected chi connectivity index (χ2v) is 30.5. The fourth-order valence-electron chi connectivity index (χ4n) is 16.9. The van der Waals surface area contributed by atoms with Crippen molar-refractivity contribution in [2.24, 2.45) is 42.3 Å². The maximum absolute atomic E-state index is 14.4. The highest BCUT2D eigenvalue weighted by Gasteiger charge is 2.42. The van der Waals surface area contributed by atoms with Crippen LogP contribution in [-0.4, -0.2) is 30.1 Å². The lowest BCUT2D eigenvalue weighted by atomic mass is 9.94. The van der Waals surface area contributed by atoms with Gasteiger partial charge in [0.15, 0.2) is 25.1 Å². The van der Waals surface area contributed by atoms with Gasteiger partial charge in [0, 0.05) is 98.4 Å². The van der Waals surface area contributed by atoms with E-state index in [0.717, 1.165) is 79.8 Å². The molecule has 118 heavy (non-hydrogen) atoms. The van der Waals surface area contributed by atoms with Gasteiger partial charge in [-0.25, -0.2) is 41.1 Å². The van der Waals surface area contributed by atoms with Crippen molar-refractivity contribution >= 4 is 97.7 Å². The molecule has 0 aliphatic heterocycles. The van der Waals surface area contributed by atoms with Gasteiger partial charge in [0.05, 0.1) is 30.3 Å². The molecular weight excluding hydrogens is 1530 g/mol. The molecule has 0 saturated carbocycles. The van der Waals surface area contributed by atoms with E-state index in [1.807, 2.05) is 72.3 Å². The third-order valence-electron chi connectivity index (χ3n) is 23.1. The van der Waals surface area contributed by atoms with Crippen LogP contribution in [0, 0.1) is 132 Å². The Morgan fingerprint density at radius 2 is 0.695 bits per heavy atom. The van der Waals surface area contributed by atoms with Crippen molar-refractivity contribution in [3.05, 3.63) is 244 Å². The Balaban J connectivity index is 0.000000149. The van der Waals surface area contributed by atoms with Gasteiger partial charge in [-0.05, 0) is 168 Å². The summed E-state index contributed by atoms with van der Waals surface area (Å²) >= 11 is 0. The zero-order valence-corrected chi connectivity index (χ0v) is 72.2. The van der Waals surface area contributed by atoms with E-state index in [-0.39, 0.29) is 39.4 Å². The van der Waals surface area contributed by atoms with Crippen LogP contribution >= 0.6 is 0 Å². The molecule has 24 heteroatoms. The normalized spacial score (nSPS) is 11.7. The molecule has 0 radical (unpaired) electrons. The van der Waals surface area contributed by atoms with Crippen molar-refractivity contribution in [2.45, 2.75) is 189 Å². The van der Waals surface area contributed by atoms with Crippen molar-refractivity contribution < 1.29 is 80.3 Å². The lowest BCUT2D eigenvalue weighted by molar-refractivity contribution is -0.737. The minimum absolute atomic E-state index is 0.0586. The number of fused-ring (bicyclic) bond motifs is 9. The Hall–Kier alpha value is -11.0. The van der Waals surface area contributed by atoms with Crippen LogP contribution < -0.4 is 27.6 Å². The standard InChI is InChI=1S/C18H18F3N2.C18H21N2.C17H19N2.C14H14F5N2.C14H17F2N2.C13H15F2N2/c1-5-15-14-9-12-8-10(2)6-7-13(12)11(3)16(14)17(18(19,20)21)22-23(15)4;1-6-16-13(4)19-17-11(2)14-9-7-8-10-15(14)12(3)18(17)20(16)5;1-5-16-15-9-13-8-11(2)6-7-14(13)12(3)17(15)18-10-19(16)4;1-5-8-10-9(6(2)11(15)7(3)12(10)16)13(14(17,18)19)20-21(8)4;1-6-10-9(4)17-13-8(3)11(15)7(2)12(16)14(13)18(10)5;1-5-9-10-12(15)7(2)11(14)8(3)13(10)16-6-17(9)4/h6-9H,5H2,1-4H3;7-10H,6H2,1-5H3;6-10H,5H2,1-4H3;5H2,1-4H3;6H2,1-5H3;6H,5H2,1-4H3/q6*+1. The zero-order chi connectivity index (χ0) is 87.4. The highest BCUT2D eigenvalue weighted by molar-refractivity contribution is 6.05. The Labute approximate surface area is 680 Å². The van der Waals surface area contributed by atoms with Crippen molar-refractivity contribution in [3.63, 3.8) is 0 Å². The van der Waals surface area contributed by atoms with Crippen LogP contribution in [0.5, 0.6) is 0 Å². The van der Waals surface area contributed by atoms with Gasteiger partial charge < -0.3 is 0 Å². The largest absolute Gasteiger partial charge is 0.439 e. The molecule has 6 heterocycles. The maximum atomic E-state index is 14.4. The first kappa shape index (κ1) is 89.3. The average Bonchev–Trinajstić information content (AvgIpc) is 0.754. The van der Waals surface area contributed by atoms with Crippen LogP contribution in [0.1, 0.15) is 165 Å². The molecule has 0 saturated heterocycles. The number of halogens is 12. The van der Waals surface area contributed by atoms with Crippen molar-refractivity contribution in [1.29, 1.82) is 0 Å². The Bertz CT molecular complexity index is 6570. The lowest BCUT2D eigenvalue weighted by Gasteiger charge is -2.14. The number of benzene rings is 9. The lowest BCUT2D eigenvalue weighted by Crippen LogP contribution is -2.41. The summed E-state index contributed by atoms with van der Waals surface area (Å²) in [5.74, 6) is -3.95. The molecule has 15 rings (SSSR count). The summed E-state index contributed by atoms with van der Waals surface area (Å²) in [5, 5.41) is 16.2. The molecule has 9 aromatic carbocycles. The SMILES string of the molecule is CCc1c(C)nc2c(C)c(F)c(C)c(F)c2[n+]1C.CCc1c(C)nc2c(C)c3ccccc3c(C)c2[n+]1C.CCc1c2c(F)c(C)c(F)c(C)c2c(C(F)(F)F)n[n+]1C.CCc1c2c(F)c(C)c(F)c(C)c2nc[n+]1C.CCc1c2cc3cc(C)ccc3c(C)c2c(C(F)(F)F)n[n+]1C.CCc1c2cc3cc(C)ccc3c(C)c2nc[n+]1C. The van der Waals surface area contributed by atoms with Gasteiger partial charge in [-0.1, -0.05) is 123 Å². The molecule has 0 N–H and O–H groups in total. The summed E-state index contributed by atoms with van der Waals surface area (Å²) in [4.78, 5) is 18.0. The molecule has 15 aromatic rings. The highest BCUT2D eigenvalue weighted by atomic mass is 19.4. The van der Waals surface area contributed by atoms with Crippen LogP contribution in [0.25, 0.3) is 97.7 Å². The van der Waals surface area contributed by atoms with Crippen LogP contribution in [0.15, 0.2) is 85.5 Å². The van der Waals surface area contributed by atoms with E-state index in [2.05, 4.69) is 145 Å². The molecule has 0 spiro atoms. The average molecular weight is 1630 g/mol. The molecule has 0 atom stereocenters. The monoisotopic (exact) mass is 1630 g/mol. The Kier molecular flexibility index (Phi) is 26.4. The number of rotatable bonds is 6. The summed E-state index contributed by atoms with van der Waals surface area (Å²) in [7, 11) is 10.7. The minimum Gasteiger partial charge on any atom is -0.240 e. The summed E-state index contributed by atoms with van der Waals surface area (Å²) in [6, 6.07) is 25.2. The molecular formula is C94H104F12N12+6. The van der Waals surface area contributed by atoms with Gasteiger partial charge in [-0.2, -0.15) is 39.9 Å². The number of alkyl halides is 6. The Morgan fingerprint density at radius 3 is 1.19 bits per heavy atom. The molecule has 0 bridgehead atoms. The quantitative estimate of drug-likeness (QED) is 0.0934. The molecule has 0 fully saturated rings. The topological polar surface area (TPSA) is 101 Å². The maximum Gasteiger partial charge on any atom is 0.439 e. The second kappa shape index (κ2) is 34.9. The van der Waals surface area contributed by atoms with E-state index in [0.29, 0.717) is 62.5 Å². The fourth-order valence-corrected chi connectivity index (χ4v) is 16.9. The number of aryl methyl sites for hydroxylation is 21. The van der Waals surface area contributed by atoms with E-state index in [1.165, 1.54) is 106 Å². The molecule has 0 aliphatic rings. The van der Waals surface area contributed by atoms with Crippen LogP contribution in [0.4, 0.5) is 52.7 Å². The van der Waals surface area contributed by atoms with Crippen LogP contribution in [-0.2, 0) is 93.2 Å². The molecule has 6 aromatic heterocycles. The van der Waals surface area contributed by atoms with Crippen molar-refractivity contribution in [2.75, 3.05) is 0 Å². The number of hydrogen-bond acceptors (Lipinski definition) is 6. The van der Waals surface area contributed by atoms with Crippen LogP contribution in [0.3, 0.4) is 0 Å². The van der Waals surface area contributed by atoms with Gasteiger partial charge in [0.2, 0.25) is 45.5 Å². The first-order chi connectivity index (χ1) is 55.4. The van der Waals surface area contributed by atoms with E-state index >= 15 is 0 Å². The highest BCUT2D eigenvalue weighted by Crippen LogP contribution is 2.41. The van der Waals surface area contributed by atoms with E-state index in [9.17, 15) is 52.7 Å². The second-order valence-electron chi connectivity index (χ2n) is 30.5. The summed E-state index contributed by atoms with van der Waals surface area (Å²) in [6.07, 6.45) is -1.38. The van der Waals surface area contributed by atoms with Gasteiger partial charge >= 0.3 is 12.4 Å². The van der Waals surface area contributed by atoms with Gasteiger partial charge in [-0.3, -0.25) is 0 Å². The smallest absolute Gasteiger partial charge is 0.240 e. The van der Waals surface area contributed by atoms with E-state index < -0.39 is 64.0 Å². The Morgan fingerprint density at radius 1 is 0.305 bits per heavy atom. The summed E-state index contributed by atoms with van der Waals surface area (Å²) in [5.41, 5.74) is 17.5. The van der Waals surface area contributed by atoms with E-state index in [4.69, 9.17) is 4.98 Å². The molecule has 0 aliphatic carbocycles.